The van der Waals surface area contributed by atoms with Crippen molar-refractivity contribution in [3.8, 4) is 0 Å². The molecule has 6 nitrogen and oxygen atoms in total. The number of hydrogen-bond donors (Lipinski definition) is 0. The van der Waals surface area contributed by atoms with Crippen molar-refractivity contribution in [1.82, 2.24) is 9.80 Å². The van der Waals surface area contributed by atoms with E-state index < -0.39 is 17.2 Å². The van der Waals surface area contributed by atoms with Crippen LogP contribution in [-0.2, 0) is 19.2 Å². The van der Waals surface area contributed by atoms with Gasteiger partial charge in [0, 0.05) is 18.4 Å². The van der Waals surface area contributed by atoms with Gasteiger partial charge in [0.2, 0.25) is 23.6 Å². The van der Waals surface area contributed by atoms with Crippen LogP contribution in [0, 0.1) is 5.41 Å². The van der Waals surface area contributed by atoms with E-state index in [1.165, 1.54) is 0 Å². The van der Waals surface area contributed by atoms with Crippen molar-refractivity contribution >= 4 is 39.6 Å². The van der Waals surface area contributed by atoms with Gasteiger partial charge < -0.3 is 0 Å². The van der Waals surface area contributed by atoms with Crippen molar-refractivity contribution in [1.29, 1.82) is 0 Å². The van der Waals surface area contributed by atoms with Crippen LogP contribution in [0.15, 0.2) is 0 Å². The Morgan fingerprint density at radius 1 is 1.06 bits per heavy atom. The molecule has 2 saturated heterocycles. The van der Waals surface area contributed by atoms with E-state index in [0.717, 1.165) is 9.80 Å². The van der Waals surface area contributed by atoms with Crippen LogP contribution >= 0.6 is 15.9 Å². The molecule has 18 heavy (non-hydrogen) atoms. The SMILES string of the molecule is CCN1C(=O)CC2(CC(=O)N(CCBr)C2=O)C1=O. The minimum Gasteiger partial charge on any atom is -0.282 e. The fourth-order valence-electron chi connectivity index (χ4n) is 2.54. The van der Waals surface area contributed by atoms with Gasteiger partial charge in [-0.3, -0.25) is 29.0 Å². The lowest BCUT2D eigenvalue weighted by Gasteiger charge is -2.19. The number of imide groups is 2. The van der Waals surface area contributed by atoms with Gasteiger partial charge >= 0.3 is 0 Å². The number of amides is 4. The van der Waals surface area contributed by atoms with Crippen molar-refractivity contribution in [3.63, 3.8) is 0 Å². The summed E-state index contributed by atoms with van der Waals surface area (Å²) in [7, 11) is 0. The predicted octanol–water partition coefficient (Wildman–Crippen LogP) is -0.0946. The zero-order valence-electron chi connectivity index (χ0n) is 9.94. The average Bonchev–Trinajstić information content (AvgIpc) is 2.69. The molecular formula is C11H13BrN2O4. The molecule has 2 heterocycles. The minimum absolute atomic E-state index is 0.178. The highest BCUT2D eigenvalue weighted by atomic mass is 79.9. The molecule has 0 bridgehead atoms. The molecule has 2 fully saturated rings. The van der Waals surface area contributed by atoms with E-state index in [-0.39, 0.29) is 37.7 Å². The number of rotatable bonds is 3. The van der Waals surface area contributed by atoms with Crippen LogP contribution in [-0.4, -0.2) is 51.8 Å². The summed E-state index contributed by atoms with van der Waals surface area (Å²) < 4.78 is 0. The molecule has 1 atom stereocenters. The van der Waals surface area contributed by atoms with Crippen molar-refractivity contribution in [2.75, 3.05) is 18.4 Å². The van der Waals surface area contributed by atoms with E-state index in [0.29, 0.717) is 5.33 Å². The highest BCUT2D eigenvalue weighted by molar-refractivity contribution is 9.09. The van der Waals surface area contributed by atoms with Crippen molar-refractivity contribution in [2.45, 2.75) is 19.8 Å². The molecule has 0 N–H and O–H groups in total. The van der Waals surface area contributed by atoms with E-state index >= 15 is 0 Å². The first-order chi connectivity index (χ1) is 8.47. The molecule has 98 valence electrons. The van der Waals surface area contributed by atoms with Crippen LogP contribution in [0.4, 0.5) is 0 Å². The van der Waals surface area contributed by atoms with Crippen LogP contribution in [0.2, 0.25) is 0 Å². The van der Waals surface area contributed by atoms with Gasteiger partial charge in [-0.1, -0.05) is 15.9 Å². The number of alkyl halides is 1. The van der Waals surface area contributed by atoms with Crippen LogP contribution in [0.25, 0.3) is 0 Å². The van der Waals surface area contributed by atoms with Crippen LogP contribution in [0.5, 0.6) is 0 Å². The number of carbonyl (C=O) groups is 4. The van der Waals surface area contributed by atoms with Gasteiger partial charge in [0.15, 0.2) is 0 Å². The molecule has 2 aliphatic rings. The summed E-state index contributed by atoms with van der Waals surface area (Å²) in [4.78, 5) is 50.0. The van der Waals surface area contributed by atoms with Gasteiger partial charge in [0.05, 0.1) is 12.8 Å². The maximum absolute atomic E-state index is 12.2. The highest BCUT2D eigenvalue weighted by Gasteiger charge is 2.63. The van der Waals surface area contributed by atoms with Gasteiger partial charge in [0.25, 0.3) is 0 Å². The fraction of sp³-hybridized carbons (Fsp3) is 0.636. The fourth-order valence-corrected chi connectivity index (χ4v) is 2.89. The van der Waals surface area contributed by atoms with Crippen molar-refractivity contribution < 1.29 is 19.2 Å². The van der Waals surface area contributed by atoms with E-state index in [1.54, 1.807) is 6.92 Å². The molecule has 2 aliphatic heterocycles. The molecule has 1 unspecified atom stereocenters. The molecule has 2 rings (SSSR count). The Bertz CT molecular complexity index is 450. The van der Waals surface area contributed by atoms with E-state index in [1.807, 2.05) is 0 Å². The summed E-state index contributed by atoms with van der Waals surface area (Å²) in [5, 5.41) is 0.459. The predicted molar refractivity (Wildman–Crippen MR) is 64.6 cm³/mol. The van der Waals surface area contributed by atoms with Gasteiger partial charge in [-0.05, 0) is 6.92 Å². The Hall–Kier alpha value is -1.24. The zero-order chi connectivity index (χ0) is 13.5. The third-order valence-electron chi connectivity index (χ3n) is 3.44. The van der Waals surface area contributed by atoms with Gasteiger partial charge in [-0.25, -0.2) is 0 Å². The Kier molecular flexibility index (Phi) is 3.27. The Morgan fingerprint density at radius 2 is 1.56 bits per heavy atom. The molecular weight excluding hydrogens is 304 g/mol. The third kappa shape index (κ3) is 1.60. The lowest BCUT2D eigenvalue weighted by molar-refractivity contribution is -0.147. The Morgan fingerprint density at radius 3 is 2.00 bits per heavy atom. The first kappa shape index (κ1) is 13.2. The highest BCUT2D eigenvalue weighted by Crippen LogP contribution is 2.42. The first-order valence-electron chi connectivity index (χ1n) is 5.73. The number of carbonyl (C=O) groups excluding carboxylic acids is 4. The van der Waals surface area contributed by atoms with Crippen molar-refractivity contribution in [2.24, 2.45) is 5.41 Å². The topological polar surface area (TPSA) is 74.8 Å². The van der Waals surface area contributed by atoms with Gasteiger partial charge in [-0.2, -0.15) is 0 Å². The molecule has 0 aliphatic carbocycles. The summed E-state index contributed by atoms with van der Waals surface area (Å²) in [5.41, 5.74) is -1.45. The summed E-state index contributed by atoms with van der Waals surface area (Å²) in [6, 6.07) is 0. The second-order valence-corrected chi connectivity index (χ2v) is 5.21. The standard InChI is InChI=1S/C11H13BrN2O4/c1-2-13-7(15)5-11(9(13)17)6-8(16)14(4-3-12)10(11)18/h2-6H2,1H3. The molecule has 0 saturated carbocycles. The Labute approximate surface area is 112 Å². The number of hydrogen-bond acceptors (Lipinski definition) is 4. The molecule has 0 aromatic rings. The van der Waals surface area contributed by atoms with E-state index in [4.69, 9.17) is 0 Å². The molecule has 0 aromatic carbocycles. The molecule has 4 amide bonds. The minimum atomic E-state index is -1.45. The smallest absolute Gasteiger partial charge is 0.245 e. The van der Waals surface area contributed by atoms with E-state index in [2.05, 4.69) is 15.9 Å². The molecule has 1 spiro atoms. The van der Waals surface area contributed by atoms with Gasteiger partial charge in [0.1, 0.15) is 5.41 Å². The van der Waals surface area contributed by atoms with Crippen LogP contribution in [0.1, 0.15) is 19.8 Å². The first-order valence-corrected chi connectivity index (χ1v) is 6.85. The molecule has 7 heteroatoms. The second-order valence-electron chi connectivity index (χ2n) is 4.42. The lowest BCUT2D eigenvalue weighted by atomic mass is 9.84. The maximum atomic E-state index is 12.2. The summed E-state index contributed by atoms with van der Waals surface area (Å²) in [5.74, 6) is -1.80. The average molecular weight is 317 g/mol. The largest absolute Gasteiger partial charge is 0.282 e. The number of nitrogens with zero attached hydrogens (tertiary/aromatic N) is 2. The maximum Gasteiger partial charge on any atom is 0.245 e. The second kappa shape index (κ2) is 4.46. The summed E-state index contributed by atoms with van der Waals surface area (Å²) >= 11 is 3.16. The number of likely N-dealkylation sites (tertiary alicyclic amines) is 2. The lowest BCUT2D eigenvalue weighted by Crippen LogP contribution is -2.42. The Balaban J connectivity index is 2.35. The molecule has 0 radical (unpaired) electrons. The zero-order valence-corrected chi connectivity index (χ0v) is 11.5. The normalized spacial score (nSPS) is 28.1. The third-order valence-corrected chi connectivity index (χ3v) is 3.80. The van der Waals surface area contributed by atoms with Crippen molar-refractivity contribution in [3.05, 3.63) is 0 Å². The van der Waals surface area contributed by atoms with E-state index in [9.17, 15) is 19.2 Å². The van der Waals surface area contributed by atoms with Crippen LogP contribution in [0.3, 0.4) is 0 Å². The quantitative estimate of drug-likeness (QED) is 0.414. The number of halogens is 1. The van der Waals surface area contributed by atoms with Crippen LogP contribution < -0.4 is 0 Å². The monoisotopic (exact) mass is 316 g/mol. The summed E-state index contributed by atoms with van der Waals surface area (Å²) in [6.45, 7) is 2.14. The summed E-state index contributed by atoms with van der Waals surface area (Å²) in [6.07, 6.45) is -0.358. The van der Waals surface area contributed by atoms with Gasteiger partial charge in [-0.15, -0.1) is 0 Å². The molecule has 0 aromatic heterocycles.